The molecule has 1 aromatic carbocycles. The summed E-state index contributed by atoms with van der Waals surface area (Å²) in [4.78, 5) is 15.1. The van der Waals surface area contributed by atoms with Crippen molar-refractivity contribution in [3.8, 4) is 22.9 Å². The van der Waals surface area contributed by atoms with Crippen molar-refractivity contribution >= 4 is 17.6 Å². The number of aryl methyl sites for hydroxylation is 1. The van der Waals surface area contributed by atoms with Crippen LogP contribution in [0.15, 0.2) is 40.9 Å². The molecule has 1 N–H and O–H groups in total. The normalized spacial score (nSPS) is 10.6. The molecule has 0 aliphatic carbocycles. The van der Waals surface area contributed by atoms with Gasteiger partial charge in [-0.15, -0.1) is 10.2 Å². The first-order valence-corrected chi connectivity index (χ1v) is 6.72. The van der Waals surface area contributed by atoms with Crippen LogP contribution in [0.1, 0.15) is 16.1 Å². The lowest BCUT2D eigenvalue weighted by atomic mass is 10.1. The monoisotopic (exact) mass is 315 g/mol. The quantitative estimate of drug-likeness (QED) is 0.796. The number of benzene rings is 1. The van der Waals surface area contributed by atoms with Gasteiger partial charge in [0.25, 0.3) is 0 Å². The van der Waals surface area contributed by atoms with E-state index in [1.165, 1.54) is 12.1 Å². The molecule has 7 heteroatoms. The Kier molecular flexibility index (Phi) is 3.60. The molecule has 0 fully saturated rings. The lowest BCUT2D eigenvalue weighted by Crippen LogP contribution is -1.95. The van der Waals surface area contributed by atoms with Gasteiger partial charge >= 0.3 is 5.97 Å². The van der Waals surface area contributed by atoms with Gasteiger partial charge in [-0.3, -0.25) is 4.98 Å². The van der Waals surface area contributed by atoms with Crippen molar-refractivity contribution in [2.45, 2.75) is 6.92 Å². The second-order valence-electron chi connectivity index (χ2n) is 4.59. The van der Waals surface area contributed by atoms with E-state index in [0.717, 1.165) is 0 Å². The van der Waals surface area contributed by atoms with Gasteiger partial charge in [0.2, 0.25) is 11.8 Å². The minimum Gasteiger partial charge on any atom is -0.478 e. The first kappa shape index (κ1) is 14.2. The van der Waals surface area contributed by atoms with E-state index in [0.29, 0.717) is 21.8 Å². The molecule has 22 heavy (non-hydrogen) atoms. The van der Waals surface area contributed by atoms with Crippen molar-refractivity contribution in [2.75, 3.05) is 0 Å². The van der Waals surface area contributed by atoms with Gasteiger partial charge in [0, 0.05) is 11.8 Å². The summed E-state index contributed by atoms with van der Waals surface area (Å²) in [7, 11) is 0. The number of carbonyl (C=O) groups is 1. The summed E-state index contributed by atoms with van der Waals surface area (Å²) < 4.78 is 5.57. The molecule has 2 aromatic heterocycles. The molecule has 3 aromatic rings. The summed E-state index contributed by atoms with van der Waals surface area (Å²) in [5.74, 6) is -0.518. The molecule has 110 valence electrons. The lowest BCUT2D eigenvalue weighted by Gasteiger charge is -1.99. The van der Waals surface area contributed by atoms with Crippen LogP contribution in [0.5, 0.6) is 0 Å². The van der Waals surface area contributed by atoms with Crippen molar-refractivity contribution in [3.05, 3.63) is 52.8 Å². The van der Waals surface area contributed by atoms with Gasteiger partial charge in [0.05, 0.1) is 21.8 Å². The summed E-state index contributed by atoms with van der Waals surface area (Å²) >= 11 is 6.03. The van der Waals surface area contributed by atoms with Gasteiger partial charge in [-0.2, -0.15) is 0 Å². The SMILES string of the molecule is Cc1ncc(-c2nnc(-c3cccc(C(=O)O)c3)o2)cc1Cl. The van der Waals surface area contributed by atoms with E-state index < -0.39 is 5.97 Å². The zero-order valence-electron chi connectivity index (χ0n) is 11.4. The van der Waals surface area contributed by atoms with Gasteiger partial charge in [-0.05, 0) is 31.2 Å². The van der Waals surface area contributed by atoms with Gasteiger partial charge in [-0.1, -0.05) is 17.7 Å². The Balaban J connectivity index is 1.98. The minimum atomic E-state index is -1.02. The summed E-state index contributed by atoms with van der Waals surface area (Å²) in [5, 5.41) is 17.4. The number of hydrogen-bond acceptors (Lipinski definition) is 5. The Labute approximate surface area is 130 Å². The molecule has 0 saturated heterocycles. The van der Waals surface area contributed by atoms with Crippen LogP contribution < -0.4 is 0 Å². The van der Waals surface area contributed by atoms with Gasteiger partial charge in [0.1, 0.15) is 0 Å². The molecule has 0 unspecified atom stereocenters. The van der Waals surface area contributed by atoms with Crippen LogP contribution in [0.25, 0.3) is 22.9 Å². The predicted molar refractivity (Wildman–Crippen MR) is 79.7 cm³/mol. The lowest BCUT2D eigenvalue weighted by molar-refractivity contribution is 0.0697. The highest BCUT2D eigenvalue weighted by atomic mass is 35.5. The first-order valence-electron chi connectivity index (χ1n) is 6.34. The second kappa shape index (κ2) is 5.57. The number of pyridine rings is 1. The molecule has 3 rings (SSSR count). The number of carboxylic acid groups (broad SMARTS) is 1. The number of halogens is 1. The average Bonchev–Trinajstić information content (AvgIpc) is 3.00. The molecule has 0 atom stereocenters. The Morgan fingerprint density at radius 1 is 1.18 bits per heavy atom. The maximum atomic E-state index is 11.0. The number of rotatable bonds is 3. The summed E-state index contributed by atoms with van der Waals surface area (Å²) in [6.45, 7) is 1.79. The number of hydrogen-bond donors (Lipinski definition) is 1. The third-order valence-electron chi connectivity index (χ3n) is 3.05. The van der Waals surface area contributed by atoms with Crippen LogP contribution in [0.2, 0.25) is 5.02 Å². The fraction of sp³-hybridized carbons (Fsp3) is 0.0667. The summed E-state index contributed by atoms with van der Waals surface area (Å²) in [5.41, 5.74) is 1.99. The zero-order chi connectivity index (χ0) is 15.7. The van der Waals surface area contributed by atoms with Gasteiger partial charge in [0.15, 0.2) is 0 Å². The van der Waals surface area contributed by atoms with E-state index >= 15 is 0 Å². The molecule has 0 bridgehead atoms. The molecule has 0 saturated carbocycles. The Hall–Kier alpha value is -2.73. The fourth-order valence-corrected chi connectivity index (χ4v) is 2.03. The van der Waals surface area contributed by atoms with E-state index in [2.05, 4.69) is 15.2 Å². The van der Waals surface area contributed by atoms with E-state index in [9.17, 15) is 4.79 Å². The highest BCUT2D eigenvalue weighted by Crippen LogP contribution is 2.26. The smallest absolute Gasteiger partial charge is 0.335 e. The predicted octanol–water partition coefficient (Wildman–Crippen LogP) is 3.46. The van der Waals surface area contributed by atoms with E-state index in [1.807, 2.05) is 0 Å². The van der Waals surface area contributed by atoms with Crippen molar-refractivity contribution in [3.63, 3.8) is 0 Å². The third-order valence-corrected chi connectivity index (χ3v) is 3.44. The third kappa shape index (κ3) is 2.68. The van der Waals surface area contributed by atoms with Crippen LogP contribution in [0.3, 0.4) is 0 Å². The molecule has 0 aliphatic heterocycles. The highest BCUT2D eigenvalue weighted by molar-refractivity contribution is 6.31. The fourth-order valence-electron chi connectivity index (χ4n) is 1.87. The zero-order valence-corrected chi connectivity index (χ0v) is 12.2. The highest BCUT2D eigenvalue weighted by Gasteiger charge is 2.13. The van der Waals surface area contributed by atoms with E-state index in [1.54, 1.807) is 31.3 Å². The molecule has 6 nitrogen and oxygen atoms in total. The van der Waals surface area contributed by atoms with Crippen molar-refractivity contribution in [1.82, 2.24) is 15.2 Å². The number of aromatic nitrogens is 3. The van der Waals surface area contributed by atoms with Crippen molar-refractivity contribution < 1.29 is 14.3 Å². The van der Waals surface area contributed by atoms with Gasteiger partial charge in [-0.25, -0.2) is 4.79 Å². The molecule has 0 radical (unpaired) electrons. The molecule has 2 heterocycles. The molecule has 0 aliphatic rings. The number of nitrogens with zero attached hydrogens (tertiary/aromatic N) is 3. The molecule has 0 amide bonds. The maximum absolute atomic E-state index is 11.0. The Morgan fingerprint density at radius 2 is 1.91 bits per heavy atom. The van der Waals surface area contributed by atoms with Gasteiger partial charge < -0.3 is 9.52 Å². The van der Waals surface area contributed by atoms with Crippen molar-refractivity contribution in [2.24, 2.45) is 0 Å². The first-order chi connectivity index (χ1) is 10.5. The molecular weight excluding hydrogens is 306 g/mol. The average molecular weight is 316 g/mol. The van der Waals surface area contributed by atoms with Crippen LogP contribution in [-0.2, 0) is 0 Å². The number of carboxylic acids is 1. The summed E-state index contributed by atoms with van der Waals surface area (Å²) in [6, 6.07) is 7.97. The van der Waals surface area contributed by atoms with Crippen LogP contribution in [0.4, 0.5) is 0 Å². The largest absolute Gasteiger partial charge is 0.478 e. The van der Waals surface area contributed by atoms with Crippen LogP contribution >= 0.6 is 11.6 Å². The Bertz CT molecular complexity index is 861. The van der Waals surface area contributed by atoms with Crippen LogP contribution in [0, 0.1) is 6.92 Å². The molecular formula is C15H10ClN3O3. The molecule has 0 spiro atoms. The Morgan fingerprint density at radius 3 is 2.59 bits per heavy atom. The number of aromatic carboxylic acids is 1. The summed E-state index contributed by atoms with van der Waals surface area (Å²) in [6.07, 6.45) is 1.59. The minimum absolute atomic E-state index is 0.150. The topological polar surface area (TPSA) is 89.1 Å². The van der Waals surface area contributed by atoms with E-state index in [4.69, 9.17) is 21.1 Å². The van der Waals surface area contributed by atoms with Crippen molar-refractivity contribution in [1.29, 1.82) is 0 Å². The second-order valence-corrected chi connectivity index (χ2v) is 5.00. The maximum Gasteiger partial charge on any atom is 0.335 e. The standard InChI is InChI=1S/C15H10ClN3O3/c1-8-12(16)6-11(7-17-8)14-19-18-13(22-14)9-3-2-4-10(5-9)15(20)21/h2-7H,1H3,(H,20,21). The van der Waals surface area contributed by atoms with E-state index in [-0.39, 0.29) is 17.3 Å². The van der Waals surface area contributed by atoms with Crippen LogP contribution in [-0.4, -0.2) is 26.3 Å².